The van der Waals surface area contributed by atoms with Crippen molar-refractivity contribution in [1.29, 1.82) is 0 Å². The van der Waals surface area contributed by atoms with Crippen molar-refractivity contribution in [1.82, 2.24) is 25.2 Å². The predicted octanol–water partition coefficient (Wildman–Crippen LogP) is 2.83. The van der Waals surface area contributed by atoms with Crippen LogP contribution in [0.4, 0.5) is 4.39 Å². The standard InChI is InChI=1S/C19H23FN6.HI/c1-21-19(23-12-10-15-6-4-7-16(20)14-15)22-11-5-9-18-25-24-17-8-2-3-13-26(17)18;/h2-4,6-8,13-14H,5,9-12H2,1H3,(H2,21,22,23);1H. The van der Waals surface area contributed by atoms with E-state index < -0.39 is 0 Å². The molecule has 0 amide bonds. The first-order valence-corrected chi connectivity index (χ1v) is 8.74. The van der Waals surface area contributed by atoms with Crippen LogP contribution in [0.15, 0.2) is 53.7 Å². The van der Waals surface area contributed by atoms with Gasteiger partial charge in [-0.3, -0.25) is 9.39 Å². The van der Waals surface area contributed by atoms with Gasteiger partial charge in [-0.2, -0.15) is 0 Å². The molecule has 0 saturated carbocycles. The fraction of sp³-hybridized carbons (Fsp3) is 0.316. The lowest BCUT2D eigenvalue weighted by atomic mass is 10.1. The van der Waals surface area contributed by atoms with E-state index in [1.165, 1.54) is 6.07 Å². The summed E-state index contributed by atoms with van der Waals surface area (Å²) < 4.78 is 15.2. The number of guanidine groups is 1. The van der Waals surface area contributed by atoms with Gasteiger partial charge in [-0.25, -0.2) is 4.39 Å². The molecule has 3 rings (SSSR count). The highest BCUT2D eigenvalue weighted by molar-refractivity contribution is 14.0. The Morgan fingerprint density at radius 1 is 1.07 bits per heavy atom. The Hall–Kier alpha value is -2.23. The van der Waals surface area contributed by atoms with Gasteiger partial charge in [-0.05, 0) is 42.7 Å². The molecule has 0 fully saturated rings. The molecular weight excluding hydrogens is 458 g/mol. The first-order chi connectivity index (χ1) is 12.8. The number of pyridine rings is 1. The lowest BCUT2D eigenvalue weighted by Gasteiger charge is -2.11. The van der Waals surface area contributed by atoms with Crippen molar-refractivity contribution >= 4 is 35.6 Å². The van der Waals surface area contributed by atoms with Crippen molar-refractivity contribution in [2.24, 2.45) is 4.99 Å². The molecule has 27 heavy (non-hydrogen) atoms. The Balaban J connectivity index is 0.00000261. The maximum atomic E-state index is 13.2. The van der Waals surface area contributed by atoms with E-state index >= 15 is 0 Å². The molecule has 2 aromatic heterocycles. The molecule has 3 aromatic rings. The maximum absolute atomic E-state index is 13.2. The number of hydrogen-bond donors (Lipinski definition) is 2. The van der Waals surface area contributed by atoms with Gasteiger partial charge in [0.1, 0.15) is 11.6 Å². The Bertz CT molecular complexity index is 879. The molecule has 0 aliphatic carbocycles. The summed E-state index contributed by atoms with van der Waals surface area (Å²) in [6.45, 7) is 1.47. The van der Waals surface area contributed by atoms with Crippen LogP contribution in [-0.4, -0.2) is 40.7 Å². The van der Waals surface area contributed by atoms with E-state index in [1.54, 1.807) is 19.2 Å². The van der Waals surface area contributed by atoms with Gasteiger partial charge in [0.2, 0.25) is 0 Å². The molecule has 0 aliphatic rings. The van der Waals surface area contributed by atoms with Crippen LogP contribution in [0.3, 0.4) is 0 Å². The topological polar surface area (TPSA) is 66.6 Å². The largest absolute Gasteiger partial charge is 0.356 e. The van der Waals surface area contributed by atoms with Crippen LogP contribution in [0.1, 0.15) is 17.8 Å². The summed E-state index contributed by atoms with van der Waals surface area (Å²) in [6.07, 6.45) is 4.47. The van der Waals surface area contributed by atoms with Crippen LogP contribution in [0.25, 0.3) is 5.65 Å². The number of hydrogen-bond acceptors (Lipinski definition) is 3. The van der Waals surface area contributed by atoms with Crippen molar-refractivity contribution in [2.75, 3.05) is 20.1 Å². The van der Waals surface area contributed by atoms with E-state index in [9.17, 15) is 4.39 Å². The van der Waals surface area contributed by atoms with E-state index in [1.807, 2.05) is 34.9 Å². The van der Waals surface area contributed by atoms with Gasteiger partial charge in [-0.1, -0.05) is 18.2 Å². The third kappa shape index (κ3) is 6.16. The number of rotatable bonds is 7. The Kier molecular flexibility index (Phi) is 8.43. The molecule has 0 spiro atoms. The average Bonchev–Trinajstić information content (AvgIpc) is 3.07. The SMILES string of the molecule is CN=C(NCCCc1nnc2ccccn12)NCCc1cccc(F)c1.I. The molecule has 6 nitrogen and oxygen atoms in total. The number of nitrogens with zero attached hydrogens (tertiary/aromatic N) is 4. The molecule has 144 valence electrons. The molecule has 0 atom stereocenters. The van der Waals surface area contributed by atoms with Crippen LogP contribution >= 0.6 is 24.0 Å². The minimum atomic E-state index is -0.203. The second-order valence-corrected chi connectivity index (χ2v) is 5.95. The Morgan fingerprint density at radius 3 is 2.74 bits per heavy atom. The van der Waals surface area contributed by atoms with Crippen molar-refractivity contribution in [3.63, 3.8) is 0 Å². The zero-order valence-corrected chi connectivity index (χ0v) is 17.6. The predicted molar refractivity (Wildman–Crippen MR) is 116 cm³/mol. The first-order valence-electron chi connectivity index (χ1n) is 8.74. The van der Waals surface area contributed by atoms with E-state index in [-0.39, 0.29) is 29.8 Å². The lowest BCUT2D eigenvalue weighted by Crippen LogP contribution is -2.38. The Morgan fingerprint density at radius 2 is 1.93 bits per heavy atom. The van der Waals surface area contributed by atoms with Crippen molar-refractivity contribution in [2.45, 2.75) is 19.3 Å². The number of nitrogens with one attached hydrogen (secondary N) is 2. The molecule has 0 radical (unpaired) electrons. The van der Waals surface area contributed by atoms with E-state index in [4.69, 9.17) is 0 Å². The molecule has 2 heterocycles. The summed E-state index contributed by atoms with van der Waals surface area (Å²) in [7, 11) is 1.74. The number of fused-ring (bicyclic) bond motifs is 1. The van der Waals surface area contributed by atoms with Crippen LogP contribution < -0.4 is 10.6 Å². The summed E-state index contributed by atoms with van der Waals surface area (Å²) in [5, 5.41) is 14.9. The lowest BCUT2D eigenvalue weighted by molar-refractivity contribution is 0.625. The smallest absolute Gasteiger partial charge is 0.190 e. The molecule has 8 heteroatoms. The van der Waals surface area contributed by atoms with Gasteiger partial charge in [0.05, 0.1) is 0 Å². The molecule has 1 aromatic carbocycles. The maximum Gasteiger partial charge on any atom is 0.190 e. The van der Waals surface area contributed by atoms with Gasteiger partial charge in [-0.15, -0.1) is 34.2 Å². The number of halogens is 2. The molecule has 0 saturated heterocycles. The van der Waals surface area contributed by atoms with E-state index in [0.29, 0.717) is 6.54 Å². The van der Waals surface area contributed by atoms with Crippen LogP contribution in [0, 0.1) is 5.82 Å². The number of benzene rings is 1. The van der Waals surface area contributed by atoms with E-state index in [2.05, 4.69) is 25.8 Å². The zero-order valence-electron chi connectivity index (χ0n) is 15.2. The van der Waals surface area contributed by atoms with Crippen LogP contribution in [0.5, 0.6) is 0 Å². The number of aryl methyl sites for hydroxylation is 1. The van der Waals surface area contributed by atoms with Crippen molar-refractivity contribution in [3.05, 3.63) is 65.9 Å². The second-order valence-electron chi connectivity index (χ2n) is 5.95. The van der Waals surface area contributed by atoms with Crippen molar-refractivity contribution in [3.8, 4) is 0 Å². The second kappa shape index (κ2) is 10.8. The number of aromatic nitrogens is 3. The van der Waals surface area contributed by atoms with Gasteiger partial charge >= 0.3 is 0 Å². The first kappa shape index (κ1) is 21.1. The third-order valence-electron chi connectivity index (χ3n) is 4.07. The average molecular weight is 482 g/mol. The highest BCUT2D eigenvalue weighted by atomic mass is 127. The molecular formula is C19H24FIN6. The van der Waals surface area contributed by atoms with Gasteiger partial charge in [0.25, 0.3) is 0 Å². The highest BCUT2D eigenvalue weighted by Gasteiger charge is 2.04. The summed E-state index contributed by atoms with van der Waals surface area (Å²) >= 11 is 0. The third-order valence-corrected chi connectivity index (χ3v) is 4.07. The number of aliphatic imine (C=N–C) groups is 1. The zero-order chi connectivity index (χ0) is 18.2. The van der Waals surface area contributed by atoms with Gasteiger partial charge in [0, 0.05) is 32.8 Å². The normalized spacial score (nSPS) is 11.3. The highest BCUT2D eigenvalue weighted by Crippen LogP contribution is 2.05. The molecule has 0 unspecified atom stereocenters. The summed E-state index contributed by atoms with van der Waals surface area (Å²) in [5.41, 5.74) is 1.83. The van der Waals surface area contributed by atoms with E-state index in [0.717, 1.165) is 48.8 Å². The fourth-order valence-corrected chi connectivity index (χ4v) is 2.75. The van der Waals surface area contributed by atoms with Crippen molar-refractivity contribution < 1.29 is 4.39 Å². The monoisotopic (exact) mass is 482 g/mol. The summed E-state index contributed by atoms with van der Waals surface area (Å²) in [6, 6.07) is 12.5. The van der Waals surface area contributed by atoms with Gasteiger partial charge < -0.3 is 10.6 Å². The summed E-state index contributed by atoms with van der Waals surface area (Å²) in [4.78, 5) is 4.21. The molecule has 0 aliphatic heterocycles. The minimum absolute atomic E-state index is 0. The van der Waals surface area contributed by atoms with Gasteiger partial charge in [0.15, 0.2) is 11.6 Å². The quantitative estimate of drug-likeness (QED) is 0.235. The fourth-order valence-electron chi connectivity index (χ4n) is 2.75. The van der Waals surface area contributed by atoms with Crippen LogP contribution in [0.2, 0.25) is 0 Å². The molecule has 2 N–H and O–H groups in total. The Labute approximate surface area is 175 Å². The summed E-state index contributed by atoms with van der Waals surface area (Å²) in [5.74, 6) is 1.50. The minimum Gasteiger partial charge on any atom is -0.356 e. The van der Waals surface area contributed by atoms with Crippen LogP contribution in [-0.2, 0) is 12.8 Å². The molecule has 0 bridgehead atoms.